The lowest BCUT2D eigenvalue weighted by atomic mass is 9.99. The van der Waals surface area contributed by atoms with Crippen LogP contribution >= 0.6 is 24.0 Å². The maximum atomic E-state index is 5.67. The van der Waals surface area contributed by atoms with Crippen molar-refractivity contribution in [3.63, 3.8) is 0 Å². The van der Waals surface area contributed by atoms with E-state index in [4.69, 9.17) is 19.4 Å². The molecule has 0 aliphatic carbocycles. The van der Waals surface area contributed by atoms with Crippen LogP contribution in [0.5, 0.6) is 0 Å². The van der Waals surface area contributed by atoms with Crippen molar-refractivity contribution in [2.24, 2.45) is 0 Å². The molecule has 6 heteroatoms. The molecule has 0 bridgehead atoms. The van der Waals surface area contributed by atoms with E-state index >= 15 is 0 Å². The van der Waals surface area contributed by atoms with E-state index in [-0.39, 0.29) is 27.0 Å². The minimum atomic E-state index is 0. The Morgan fingerprint density at radius 1 is 1.50 bits per heavy atom. The lowest BCUT2D eigenvalue weighted by Gasteiger charge is -1.95. The number of hydrogen-bond donors (Lipinski definition) is 1. The Bertz CT molecular complexity index is 233. The first-order chi connectivity index (χ1) is 4.20. The molecule has 0 spiro atoms. The van der Waals surface area contributed by atoms with E-state index in [9.17, 15) is 0 Å². The van der Waals surface area contributed by atoms with Crippen LogP contribution in [0.2, 0.25) is 5.02 Å². The molecular weight excluding hydrogens is 193 g/mol. The number of rotatable bonds is 0. The summed E-state index contributed by atoms with van der Waals surface area (Å²) in [5.74, 6) is 0. The van der Waals surface area contributed by atoms with Gasteiger partial charge in [0, 0.05) is 14.6 Å². The zero-order chi connectivity index (χ0) is 6.85. The Morgan fingerprint density at radius 2 is 2.00 bits per heavy atom. The number of hydrogen-bond acceptors (Lipinski definition) is 2. The van der Waals surface area contributed by atoms with E-state index < -0.39 is 0 Å². The van der Waals surface area contributed by atoms with Gasteiger partial charge < -0.3 is 6.15 Å². The lowest BCUT2D eigenvalue weighted by molar-refractivity contribution is 1.21. The molecule has 0 aliphatic heterocycles. The summed E-state index contributed by atoms with van der Waals surface area (Å²) >= 11 is 5.67. The molecule has 1 aromatic heterocycles. The molecule has 1 aromatic rings. The van der Waals surface area contributed by atoms with Crippen molar-refractivity contribution in [1.82, 2.24) is 11.1 Å². The molecule has 0 fully saturated rings. The van der Waals surface area contributed by atoms with Crippen molar-refractivity contribution in [2.75, 3.05) is 0 Å². The molecule has 0 amide bonds. The number of pyridine rings is 1. The monoisotopic (exact) mass is 201 g/mol. The summed E-state index contributed by atoms with van der Waals surface area (Å²) in [5.41, 5.74) is 1.41. The van der Waals surface area contributed by atoms with Crippen molar-refractivity contribution in [2.45, 2.75) is 6.92 Å². The average Bonchev–Trinajstić information content (AvgIpc) is 1.80. The summed E-state index contributed by atoms with van der Waals surface area (Å²) in [6.45, 7) is 1.84. The van der Waals surface area contributed by atoms with Gasteiger partial charge in [-0.15, -0.1) is 12.4 Å². The first kappa shape index (κ1) is 17.8. The zero-order valence-corrected chi connectivity index (χ0v) is 8.32. The summed E-state index contributed by atoms with van der Waals surface area (Å²) in [7, 11) is 5.38. The van der Waals surface area contributed by atoms with Gasteiger partial charge >= 0.3 is 0 Å². The van der Waals surface area contributed by atoms with Gasteiger partial charge in [0.2, 0.25) is 0 Å². The first-order valence-electron chi connectivity index (χ1n) is 2.58. The lowest BCUT2D eigenvalue weighted by Crippen LogP contribution is -2.03. The third kappa shape index (κ3) is 4.65. The van der Waals surface area contributed by atoms with E-state index in [0.717, 1.165) is 5.69 Å². The Hall–Kier alpha value is -0.180. The second-order valence-corrected chi connectivity index (χ2v) is 2.24. The summed E-state index contributed by atoms with van der Waals surface area (Å²) in [4.78, 5) is 3.92. The van der Waals surface area contributed by atoms with Gasteiger partial charge in [0.05, 0.1) is 10.7 Å². The quantitative estimate of drug-likeness (QED) is 0.638. The Labute approximate surface area is 87.1 Å². The highest BCUT2D eigenvalue weighted by molar-refractivity contribution is 6.36. The number of halogens is 2. The van der Waals surface area contributed by atoms with E-state index in [1.54, 1.807) is 12.3 Å². The normalized spacial score (nSPS) is 7.17. The summed E-state index contributed by atoms with van der Waals surface area (Å²) in [6.07, 6.45) is 1.58. The zero-order valence-electron chi connectivity index (χ0n) is 6.75. The highest BCUT2D eigenvalue weighted by Gasteiger charge is 1.92. The molecule has 1 rings (SSSR count). The van der Waals surface area contributed by atoms with Crippen molar-refractivity contribution < 1.29 is 0 Å². The average molecular weight is 202 g/mol. The fourth-order valence-corrected chi connectivity index (χ4v) is 0.696. The van der Waals surface area contributed by atoms with Crippen molar-refractivity contribution in [3.05, 3.63) is 23.0 Å². The van der Waals surface area contributed by atoms with Crippen LogP contribution in [0.25, 0.3) is 0 Å². The minimum Gasteiger partial charge on any atom is -0.344 e. The van der Waals surface area contributed by atoms with Crippen molar-refractivity contribution in [1.29, 1.82) is 0 Å². The molecule has 0 saturated heterocycles. The van der Waals surface area contributed by atoms with E-state index in [0.29, 0.717) is 10.5 Å². The Balaban J connectivity index is -0.000000270. The molecule has 0 unspecified atom stereocenters. The molecule has 0 aromatic carbocycles. The predicted molar refractivity (Wildman–Crippen MR) is 57.4 cm³/mol. The van der Waals surface area contributed by atoms with Crippen molar-refractivity contribution in [3.8, 4) is 0 Å². The molecule has 3 N–H and O–H groups in total. The molecule has 0 atom stereocenters. The summed E-state index contributed by atoms with van der Waals surface area (Å²) < 4.78 is 0. The van der Waals surface area contributed by atoms with E-state index in [1.165, 1.54) is 0 Å². The molecule has 0 saturated carbocycles. The summed E-state index contributed by atoms with van der Waals surface area (Å²) in [6, 6.07) is 1.68. The van der Waals surface area contributed by atoms with Crippen LogP contribution < -0.4 is 11.6 Å². The SMILES string of the molecule is Cl.N.[B].[B]c1cnc(C)c(Cl)c1. The Kier molecular flexibility index (Phi) is 11.1. The Morgan fingerprint density at radius 3 is 2.33 bits per heavy atom. The van der Waals surface area contributed by atoms with Gasteiger partial charge in [-0.05, 0) is 13.0 Å². The molecule has 5 radical (unpaired) electrons. The third-order valence-electron chi connectivity index (χ3n) is 1.05. The predicted octanol–water partition coefficient (Wildman–Crippen LogP) is 1.04. The fourth-order valence-electron chi connectivity index (χ4n) is 0.521. The molecule has 63 valence electrons. The second-order valence-electron chi connectivity index (χ2n) is 1.84. The van der Waals surface area contributed by atoms with Gasteiger partial charge in [-0.1, -0.05) is 17.1 Å². The maximum absolute atomic E-state index is 5.67. The second kappa shape index (κ2) is 7.47. The summed E-state index contributed by atoms with van der Waals surface area (Å²) in [5, 5.41) is 0.620. The number of aryl methyl sites for hydroxylation is 1. The smallest absolute Gasteiger partial charge is 0.116 e. The first-order valence-corrected chi connectivity index (χ1v) is 2.95. The van der Waals surface area contributed by atoms with Gasteiger partial charge in [-0.2, -0.15) is 0 Å². The maximum Gasteiger partial charge on any atom is 0.116 e. The fraction of sp³-hybridized carbons (Fsp3) is 0.167. The van der Waals surface area contributed by atoms with Gasteiger partial charge in [-0.25, -0.2) is 0 Å². The van der Waals surface area contributed by atoms with Crippen LogP contribution in [-0.4, -0.2) is 21.2 Å². The van der Waals surface area contributed by atoms with Crippen LogP contribution in [0, 0.1) is 6.92 Å². The highest BCUT2D eigenvalue weighted by atomic mass is 35.5. The van der Waals surface area contributed by atoms with Crippen LogP contribution in [0.3, 0.4) is 0 Å². The molecular formula is C6H9B2Cl2N2. The largest absolute Gasteiger partial charge is 0.344 e. The number of aromatic nitrogens is 1. The van der Waals surface area contributed by atoms with Crippen LogP contribution in [0.1, 0.15) is 5.69 Å². The molecule has 0 aliphatic rings. The molecule has 1 heterocycles. The van der Waals surface area contributed by atoms with Gasteiger partial charge in [0.25, 0.3) is 0 Å². The standard InChI is InChI=1S/C6H5BClN.B.ClH.H3N/c1-4-6(8)2-5(7)3-9-4;;;/h2-3H,1H3;;1H;1H3. The minimum absolute atomic E-state index is 0. The van der Waals surface area contributed by atoms with Crippen LogP contribution in [0.15, 0.2) is 12.3 Å². The number of nitrogens with zero attached hydrogens (tertiary/aromatic N) is 1. The van der Waals surface area contributed by atoms with Crippen molar-refractivity contribution >= 4 is 45.7 Å². The third-order valence-corrected chi connectivity index (χ3v) is 1.43. The van der Waals surface area contributed by atoms with Crippen LogP contribution in [-0.2, 0) is 0 Å². The topological polar surface area (TPSA) is 47.9 Å². The highest BCUT2D eigenvalue weighted by Crippen LogP contribution is 2.07. The molecule has 2 nitrogen and oxygen atoms in total. The van der Waals surface area contributed by atoms with Crippen LogP contribution in [0.4, 0.5) is 0 Å². The van der Waals surface area contributed by atoms with E-state index in [2.05, 4.69) is 4.98 Å². The van der Waals surface area contributed by atoms with Gasteiger partial charge in [0.1, 0.15) is 7.85 Å². The van der Waals surface area contributed by atoms with E-state index in [1.807, 2.05) is 6.92 Å². The van der Waals surface area contributed by atoms with Gasteiger partial charge in [0.15, 0.2) is 0 Å². The van der Waals surface area contributed by atoms with Gasteiger partial charge in [-0.3, -0.25) is 4.98 Å². The molecule has 12 heavy (non-hydrogen) atoms.